The molecule has 0 bridgehead atoms. The molecule has 2 aliphatic heterocycles. The summed E-state index contributed by atoms with van der Waals surface area (Å²) in [5, 5.41) is 2.03. The Hall–Kier alpha value is -3.35. The summed E-state index contributed by atoms with van der Waals surface area (Å²) in [5.74, 6) is 0.877. The Bertz CT molecular complexity index is 1900. The highest BCUT2D eigenvalue weighted by molar-refractivity contribution is 6.37. The molecule has 2 saturated heterocycles. The van der Waals surface area contributed by atoms with E-state index in [2.05, 4.69) is 23.0 Å². The molecule has 0 atom stereocenters. The van der Waals surface area contributed by atoms with Gasteiger partial charge in [-0.3, -0.25) is 9.80 Å². The van der Waals surface area contributed by atoms with E-state index in [0.717, 1.165) is 59.2 Å². The molecule has 0 unspecified atom stereocenters. The predicted octanol–water partition coefficient (Wildman–Crippen LogP) is 7.21. The highest BCUT2D eigenvalue weighted by atomic mass is 35.5. The topological polar surface area (TPSA) is 104 Å². The number of fused-ring (bicyclic) bond motifs is 2. The standard InChI is InChI=1S/C39H44Cl2N2O8.ClH/c1-5-8-26-20-28-24(3)30(22-42-10-16-46-17-11-42)38(44)50-36(28)32(40)34(26)48-14-7-15-49-35-27(9-6-2)21-29-25(4)31(23-43-12-18-47-19-13-43)39(45)51-37(29)33(35)41;/h5-6,20-21H,1-2,7-19,22-23H2,3-4H3;1H. The lowest BCUT2D eigenvalue weighted by atomic mass is 10.0. The number of hydrogen-bond donors (Lipinski definition) is 0. The van der Waals surface area contributed by atoms with Crippen molar-refractivity contribution in [3.05, 3.63) is 102 Å². The van der Waals surface area contributed by atoms with Crippen molar-refractivity contribution in [3.63, 3.8) is 0 Å². The third kappa shape index (κ3) is 8.55. The Morgan fingerprint density at radius 1 is 0.712 bits per heavy atom. The molecule has 0 radical (unpaired) electrons. The minimum Gasteiger partial charge on any atom is -0.491 e. The molecule has 0 N–H and O–H groups in total. The van der Waals surface area contributed by atoms with Gasteiger partial charge >= 0.3 is 11.3 Å². The molecule has 2 aromatic carbocycles. The summed E-state index contributed by atoms with van der Waals surface area (Å²) in [5.41, 5.74) is 4.34. The predicted molar refractivity (Wildman–Crippen MR) is 207 cm³/mol. The summed E-state index contributed by atoms with van der Waals surface area (Å²) in [7, 11) is 0. The van der Waals surface area contributed by atoms with Crippen LogP contribution in [0.1, 0.15) is 39.8 Å². The molecule has 0 saturated carbocycles. The number of morpholine rings is 2. The summed E-state index contributed by atoms with van der Waals surface area (Å²) in [6.07, 6.45) is 5.06. The second kappa shape index (κ2) is 18.1. The average Bonchev–Trinajstić information content (AvgIpc) is 3.13. The number of ether oxygens (including phenoxy) is 4. The van der Waals surface area contributed by atoms with E-state index in [1.165, 1.54) is 0 Å². The van der Waals surface area contributed by atoms with Crippen molar-refractivity contribution >= 4 is 57.5 Å². The first kappa shape index (κ1) is 39.8. The van der Waals surface area contributed by atoms with Gasteiger partial charge in [0.2, 0.25) is 0 Å². The molecule has 4 heterocycles. The second-order valence-corrected chi connectivity index (χ2v) is 13.7. The summed E-state index contributed by atoms with van der Waals surface area (Å²) >= 11 is 13.8. The Morgan fingerprint density at radius 2 is 1.10 bits per heavy atom. The monoisotopic (exact) mass is 774 g/mol. The number of rotatable bonds is 14. The quantitative estimate of drug-likeness (QED) is 0.0742. The Morgan fingerprint density at radius 3 is 1.46 bits per heavy atom. The molecular weight excluding hydrogens is 731 g/mol. The van der Waals surface area contributed by atoms with E-state index in [-0.39, 0.29) is 35.7 Å². The molecule has 10 nitrogen and oxygen atoms in total. The van der Waals surface area contributed by atoms with E-state index in [1.54, 1.807) is 12.2 Å². The zero-order valence-electron chi connectivity index (χ0n) is 29.7. The van der Waals surface area contributed by atoms with E-state index >= 15 is 0 Å². The van der Waals surface area contributed by atoms with Gasteiger partial charge in [0.15, 0.2) is 11.2 Å². The maximum Gasteiger partial charge on any atom is 0.341 e. The van der Waals surface area contributed by atoms with Crippen LogP contribution in [0.2, 0.25) is 10.0 Å². The van der Waals surface area contributed by atoms with Crippen LogP contribution in [-0.4, -0.2) is 75.6 Å². The normalized spacial score (nSPS) is 15.5. The van der Waals surface area contributed by atoms with Gasteiger partial charge in [-0.1, -0.05) is 35.4 Å². The largest absolute Gasteiger partial charge is 0.491 e. The maximum absolute atomic E-state index is 13.2. The zero-order chi connectivity index (χ0) is 36.1. The Kier molecular flexibility index (Phi) is 13.9. The first-order valence-corrected chi connectivity index (χ1v) is 18.1. The van der Waals surface area contributed by atoms with Crippen molar-refractivity contribution in [3.8, 4) is 11.5 Å². The fraction of sp³-hybridized carbons (Fsp3) is 0.436. The van der Waals surface area contributed by atoms with Crippen molar-refractivity contribution in [2.24, 2.45) is 0 Å². The van der Waals surface area contributed by atoms with Crippen LogP contribution in [0.5, 0.6) is 11.5 Å². The molecule has 52 heavy (non-hydrogen) atoms. The van der Waals surface area contributed by atoms with E-state index in [9.17, 15) is 9.59 Å². The molecule has 280 valence electrons. The molecule has 2 aliphatic rings. The van der Waals surface area contributed by atoms with Gasteiger partial charge in [-0.05, 0) is 49.9 Å². The maximum atomic E-state index is 13.2. The first-order valence-electron chi connectivity index (χ1n) is 17.3. The highest BCUT2D eigenvalue weighted by Gasteiger charge is 2.24. The molecule has 0 aliphatic carbocycles. The van der Waals surface area contributed by atoms with E-state index in [1.807, 2.05) is 26.0 Å². The highest BCUT2D eigenvalue weighted by Crippen LogP contribution is 2.40. The number of hydrogen-bond acceptors (Lipinski definition) is 10. The first-order chi connectivity index (χ1) is 24.7. The average molecular weight is 776 g/mol. The van der Waals surface area contributed by atoms with Gasteiger partial charge in [0.05, 0.1) is 50.8 Å². The molecule has 0 spiro atoms. The summed E-state index contributed by atoms with van der Waals surface area (Å²) in [4.78, 5) is 30.7. The SMILES string of the molecule is C=CCc1cc2c(C)c(CN3CCOCC3)c(=O)oc2c(Cl)c1OCCCOc1c(CC=C)cc2c(C)c(CN3CCOCC3)c(=O)oc2c1Cl.Cl. The van der Waals surface area contributed by atoms with E-state index in [4.69, 9.17) is 51.0 Å². The van der Waals surface area contributed by atoms with Crippen molar-refractivity contribution in [2.45, 2.75) is 46.2 Å². The molecule has 0 amide bonds. The number of allylic oxidation sites excluding steroid dienone is 2. The van der Waals surface area contributed by atoms with Crippen LogP contribution in [-0.2, 0) is 35.4 Å². The van der Waals surface area contributed by atoms with Gasteiger partial charge in [0.25, 0.3) is 0 Å². The van der Waals surface area contributed by atoms with Crippen LogP contribution in [0, 0.1) is 13.8 Å². The summed E-state index contributed by atoms with van der Waals surface area (Å²) in [6, 6.07) is 3.93. The van der Waals surface area contributed by atoms with Crippen LogP contribution in [0.15, 0.2) is 55.9 Å². The van der Waals surface area contributed by atoms with Crippen LogP contribution >= 0.6 is 35.6 Å². The minimum absolute atomic E-state index is 0. The summed E-state index contributed by atoms with van der Waals surface area (Å²) < 4.78 is 35.0. The number of halogens is 3. The van der Waals surface area contributed by atoms with Crippen LogP contribution < -0.4 is 20.7 Å². The van der Waals surface area contributed by atoms with Gasteiger partial charge in [0.1, 0.15) is 21.5 Å². The fourth-order valence-corrected chi connectivity index (χ4v) is 7.33. The minimum atomic E-state index is -0.411. The lowest BCUT2D eigenvalue weighted by molar-refractivity contribution is 0.0336. The summed E-state index contributed by atoms with van der Waals surface area (Å²) in [6.45, 7) is 18.7. The van der Waals surface area contributed by atoms with Crippen LogP contribution in [0.4, 0.5) is 0 Å². The Balaban J connectivity index is 0.00000523. The second-order valence-electron chi connectivity index (χ2n) is 12.9. The molecule has 2 aromatic heterocycles. The zero-order valence-corrected chi connectivity index (χ0v) is 32.0. The third-order valence-electron chi connectivity index (χ3n) is 9.58. The Labute approximate surface area is 319 Å². The number of benzene rings is 2. The molecule has 2 fully saturated rings. The lowest BCUT2D eigenvalue weighted by Gasteiger charge is -2.26. The van der Waals surface area contributed by atoms with E-state index < -0.39 is 11.3 Å². The van der Waals surface area contributed by atoms with Crippen molar-refractivity contribution < 1.29 is 27.8 Å². The van der Waals surface area contributed by atoms with Crippen molar-refractivity contribution in [2.75, 3.05) is 65.8 Å². The van der Waals surface area contributed by atoms with Gasteiger partial charge in [-0.2, -0.15) is 0 Å². The van der Waals surface area contributed by atoms with Gasteiger partial charge < -0.3 is 27.8 Å². The fourth-order valence-electron chi connectivity index (χ4n) is 6.70. The molecule has 13 heteroatoms. The van der Waals surface area contributed by atoms with Gasteiger partial charge in [0, 0.05) is 67.6 Å². The van der Waals surface area contributed by atoms with Crippen molar-refractivity contribution in [1.82, 2.24) is 9.80 Å². The van der Waals surface area contributed by atoms with Gasteiger partial charge in [-0.25, -0.2) is 9.59 Å². The number of aryl methyl sites for hydroxylation is 2. The smallest absolute Gasteiger partial charge is 0.341 e. The van der Waals surface area contributed by atoms with Gasteiger partial charge in [-0.15, -0.1) is 25.6 Å². The lowest BCUT2D eigenvalue weighted by Crippen LogP contribution is -2.37. The molecular formula is C39H45Cl3N2O8. The molecule has 6 rings (SSSR count). The molecule has 4 aromatic rings. The van der Waals surface area contributed by atoms with Crippen molar-refractivity contribution in [1.29, 1.82) is 0 Å². The van der Waals surface area contributed by atoms with Crippen LogP contribution in [0.3, 0.4) is 0 Å². The van der Waals surface area contributed by atoms with Crippen LogP contribution in [0.25, 0.3) is 21.9 Å². The third-order valence-corrected chi connectivity index (χ3v) is 10.3. The number of nitrogens with zero attached hydrogens (tertiary/aromatic N) is 2. The van der Waals surface area contributed by atoms with E-state index in [0.29, 0.717) is 92.6 Å².